The predicted molar refractivity (Wildman–Crippen MR) is 90.3 cm³/mol. The number of hydrogen-bond acceptors (Lipinski definition) is 2. The lowest BCUT2D eigenvalue weighted by molar-refractivity contribution is 0.558. The average molecular weight is 434 g/mol. The van der Waals surface area contributed by atoms with Gasteiger partial charge in [0.2, 0.25) is 0 Å². The summed E-state index contributed by atoms with van der Waals surface area (Å²) < 4.78 is 4.36. The van der Waals surface area contributed by atoms with Gasteiger partial charge in [-0.25, -0.2) is 0 Å². The van der Waals surface area contributed by atoms with Gasteiger partial charge in [0.25, 0.3) is 0 Å². The molecule has 1 atom stereocenters. The van der Waals surface area contributed by atoms with Gasteiger partial charge >= 0.3 is 0 Å². The second kappa shape index (κ2) is 6.37. The Morgan fingerprint density at radius 2 is 2.11 bits per heavy atom. The molecule has 0 radical (unpaired) electrons. The fourth-order valence-electron chi connectivity index (χ4n) is 2.22. The molecule has 0 aliphatic heterocycles. The molecule has 3 nitrogen and oxygen atoms in total. The van der Waals surface area contributed by atoms with Gasteiger partial charge in [-0.05, 0) is 64.1 Å². The molecule has 19 heavy (non-hydrogen) atoms. The number of aromatic nitrogens is 2. The second-order valence-corrected chi connectivity index (χ2v) is 6.49. The summed E-state index contributed by atoms with van der Waals surface area (Å²) in [4.78, 5) is 0. The quantitative estimate of drug-likeness (QED) is 0.746. The number of hydrogen-bond donors (Lipinski definition) is 1. The normalized spacial score (nSPS) is 12.7. The van der Waals surface area contributed by atoms with E-state index in [1.807, 2.05) is 25.7 Å². The molecule has 0 fully saturated rings. The van der Waals surface area contributed by atoms with Gasteiger partial charge in [-0.2, -0.15) is 5.10 Å². The lowest BCUT2D eigenvalue weighted by Gasteiger charge is -2.18. The van der Waals surface area contributed by atoms with Crippen molar-refractivity contribution >= 4 is 38.5 Å². The Kier molecular flexibility index (Phi) is 5.03. The fraction of sp³-hybridized carbons (Fsp3) is 0.357. The van der Waals surface area contributed by atoms with E-state index in [1.54, 1.807) is 0 Å². The van der Waals surface area contributed by atoms with Crippen LogP contribution in [-0.2, 0) is 13.5 Å². The number of benzene rings is 1. The molecule has 1 unspecified atom stereocenters. The molecule has 1 N–H and O–H groups in total. The van der Waals surface area contributed by atoms with Crippen LogP contribution in [-0.4, -0.2) is 16.8 Å². The van der Waals surface area contributed by atoms with Crippen LogP contribution < -0.4 is 5.32 Å². The number of nitrogens with zero attached hydrogens (tertiary/aromatic N) is 2. The third-order valence-electron chi connectivity index (χ3n) is 3.29. The molecule has 0 aliphatic carbocycles. The summed E-state index contributed by atoms with van der Waals surface area (Å²) >= 11 is 6.03. The first kappa shape index (κ1) is 15.0. The highest BCUT2D eigenvalue weighted by Crippen LogP contribution is 2.27. The van der Waals surface area contributed by atoms with Crippen molar-refractivity contribution in [2.45, 2.75) is 19.4 Å². The molecule has 2 aromatic rings. The average Bonchev–Trinajstić information content (AvgIpc) is 2.63. The van der Waals surface area contributed by atoms with E-state index in [2.05, 4.69) is 73.2 Å². The summed E-state index contributed by atoms with van der Waals surface area (Å²) in [6, 6.07) is 8.77. The summed E-state index contributed by atoms with van der Waals surface area (Å²) in [6.07, 6.45) is 0.911. The maximum absolute atomic E-state index is 4.45. The monoisotopic (exact) mass is 433 g/mol. The second-order valence-electron chi connectivity index (χ2n) is 4.54. The van der Waals surface area contributed by atoms with Gasteiger partial charge in [-0.15, -0.1) is 0 Å². The number of likely N-dealkylation sites (N-methyl/N-ethyl adjacent to an activating group) is 1. The summed E-state index contributed by atoms with van der Waals surface area (Å²) in [5.41, 5.74) is 3.59. The van der Waals surface area contributed by atoms with Crippen LogP contribution in [0.1, 0.15) is 23.0 Å². The van der Waals surface area contributed by atoms with Crippen LogP contribution in [0.25, 0.3) is 0 Å². The van der Waals surface area contributed by atoms with Crippen molar-refractivity contribution in [3.8, 4) is 0 Å². The molecule has 1 aromatic carbocycles. The lowest BCUT2D eigenvalue weighted by Crippen LogP contribution is -2.21. The van der Waals surface area contributed by atoms with Gasteiger partial charge < -0.3 is 5.32 Å². The zero-order valence-electron chi connectivity index (χ0n) is 11.2. The summed E-state index contributed by atoms with van der Waals surface area (Å²) in [5.74, 6) is 0. The summed E-state index contributed by atoms with van der Waals surface area (Å²) in [5, 5.41) is 7.86. The highest BCUT2D eigenvalue weighted by atomic mass is 127. The van der Waals surface area contributed by atoms with E-state index in [-0.39, 0.29) is 0 Å². The molecule has 102 valence electrons. The van der Waals surface area contributed by atoms with Crippen LogP contribution in [0.2, 0.25) is 0 Å². The molecule has 0 aliphatic rings. The van der Waals surface area contributed by atoms with E-state index < -0.39 is 0 Å². The first-order valence-electron chi connectivity index (χ1n) is 6.14. The van der Waals surface area contributed by atoms with E-state index in [4.69, 9.17) is 0 Å². The number of aryl methyl sites for hydroxylation is 2. The smallest absolute Gasteiger partial charge is 0.0738 e. The maximum atomic E-state index is 4.45. The molecule has 0 spiro atoms. The van der Waals surface area contributed by atoms with Crippen molar-refractivity contribution in [3.05, 3.63) is 49.3 Å². The van der Waals surface area contributed by atoms with Crippen LogP contribution in [0.4, 0.5) is 0 Å². The Labute approximate surface area is 136 Å². The molecule has 1 aromatic heterocycles. The van der Waals surface area contributed by atoms with Crippen molar-refractivity contribution in [1.82, 2.24) is 15.1 Å². The van der Waals surface area contributed by atoms with E-state index in [1.165, 1.54) is 14.8 Å². The standard InChI is InChI=1S/C14H17BrIN3/c1-9-14(15)13(19(3)18-9)8-12(17-2)10-6-4-5-7-11(10)16/h4-7,12,17H,8H2,1-3H3. The minimum atomic E-state index is 0.291. The zero-order chi connectivity index (χ0) is 14.0. The molecule has 0 saturated carbocycles. The summed E-state index contributed by atoms with van der Waals surface area (Å²) in [7, 11) is 4.00. The molecule has 0 saturated heterocycles. The maximum Gasteiger partial charge on any atom is 0.0738 e. The van der Waals surface area contributed by atoms with Crippen molar-refractivity contribution < 1.29 is 0 Å². The molecular formula is C14H17BrIN3. The van der Waals surface area contributed by atoms with Gasteiger partial charge in [0.1, 0.15) is 0 Å². The van der Waals surface area contributed by atoms with Crippen molar-refractivity contribution in [2.24, 2.45) is 7.05 Å². The van der Waals surface area contributed by atoms with Crippen LogP contribution in [0, 0.1) is 10.5 Å². The van der Waals surface area contributed by atoms with Crippen molar-refractivity contribution in [1.29, 1.82) is 0 Å². The van der Waals surface area contributed by atoms with Gasteiger partial charge in [0.05, 0.1) is 15.9 Å². The summed E-state index contributed by atoms with van der Waals surface area (Å²) in [6.45, 7) is 2.02. The van der Waals surface area contributed by atoms with E-state index in [9.17, 15) is 0 Å². The SMILES string of the molecule is CNC(Cc1c(Br)c(C)nn1C)c1ccccc1I. The number of nitrogens with one attached hydrogen (secondary N) is 1. The van der Waals surface area contributed by atoms with Gasteiger partial charge in [0.15, 0.2) is 0 Å². The highest BCUT2D eigenvalue weighted by molar-refractivity contribution is 14.1. The van der Waals surface area contributed by atoms with Crippen LogP contribution in [0.5, 0.6) is 0 Å². The number of rotatable bonds is 4. The fourth-order valence-corrected chi connectivity index (χ4v) is 3.48. The van der Waals surface area contributed by atoms with E-state index in [0.29, 0.717) is 6.04 Å². The first-order chi connectivity index (χ1) is 9.04. The Morgan fingerprint density at radius 1 is 1.42 bits per heavy atom. The highest BCUT2D eigenvalue weighted by Gasteiger charge is 2.18. The van der Waals surface area contributed by atoms with Gasteiger partial charge in [-0.3, -0.25) is 4.68 Å². The molecular weight excluding hydrogens is 417 g/mol. The number of halogens is 2. The minimum absolute atomic E-state index is 0.291. The van der Waals surface area contributed by atoms with Crippen LogP contribution in [0.15, 0.2) is 28.7 Å². The molecule has 0 amide bonds. The zero-order valence-corrected chi connectivity index (χ0v) is 15.0. The third kappa shape index (κ3) is 3.20. The van der Waals surface area contributed by atoms with Crippen molar-refractivity contribution in [3.63, 3.8) is 0 Å². The van der Waals surface area contributed by atoms with E-state index in [0.717, 1.165) is 16.6 Å². The predicted octanol–water partition coefficient (Wildman–Crippen LogP) is 3.60. The first-order valence-corrected chi connectivity index (χ1v) is 8.01. The van der Waals surface area contributed by atoms with Crippen LogP contribution >= 0.6 is 38.5 Å². The Morgan fingerprint density at radius 3 is 2.63 bits per heavy atom. The molecule has 2 rings (SSSR count). The Bertz CT molecular complexity index is 580. The largest absolute Gasteiger partial charge is 0.313 e. The minimum Gasteiger partial charge on any atom is -0.313 e. The third-order valence-corrected chi connectivity index (χ3v) is 5.30. The molecule has 5 heteroatoms. The molecule has 1 heterocycles. The Balaban J connectivity index is 2.32. The van der Waals surface area contributed by atoms with E-state index >= 15 is 0 Å². The Hall–Kier alpha value is -0.400. The van der Waals surface area contributed by atoms with Gasteiger partial charge in [0, 0.05) is 23.1 Å². The molecule has 0 bridgehead atoms. The van der Waals surface area contributed by atoms with Crippen molar-refractivity contribution in [2.75, 3.05) is 7.05 Å². The van der Waals surface area contributed by atoms with Crippen LogP contribution in [0.3, 0.4) is 0 Å². The topological polar surface area (TPSA) is 29.9 Å². The lowest BCUT2D eigenvalue weighted by atomic mass is 10.0. The van der Waals surface area contributed by atoms with Gasteiger partial charge in [-0.1, -0.05) is 18.2 Å².